The summed E-state index contributed by atoms with van der Waals surface area (Å²) in [7, 11) is 0. The molecule has 9 heteroatoms. The zero-order chi connectivity index (χ0) is 23.1. The van der Waals surface area contributed by atoms with Crippen molar-refractivity contribution in [3.05, 3.63) is 52.9 Å². The van der Waals surface area contributed by atoms with Crippen LogP contribution in [0.25, 0.3) is 10.9 Å². The van der Waals surface area contributed by atoms with Crippen LogP contribution in [0.3, 0.4) is 0 Å². The smallest absolute Gasteiger partial charge is 0.412 e. The number of nitrogens with two attached hydrogens (primary N) is 1. The van der Waals surface area contributed by atoms with Crippen molar-refractivity contribution in [1.82, 2.24) is 10.3 Å². The number of nitrogen functional groups attached to an aromatic ring is 1. The largest absolute Gasteiger partial charge is 0.490 e. The third-order valence-electron chi connectivity index (χ3n) is 4.72. The normalized spacial score (nSPS) is 11.8. The van der Waals surface area contributed by atoms with Crippen molar-refractivity contribution in [2.75, 3.05) is 24.2 Å². The molecule has 0 aliphatic rings. The van der Waals surface area contributed by atoms with Crippen LogP contribution in [0.15, 0.2) is 47.1 Å². The number of carbonyl (C=O) groups excluding carboxylic acids is 1. The molecule has 1 unspecified atom stereocenters. The number of hydrogen-bond acceptors (Lipinski definition) is 6. The van der Waals surface area contributed by atoms with Gasteiger partial charge in [0.05, 0.1) is 29.7 Å². The fraction of sp³-hybridized carbons (Fsp3) is 0.304. The van der Waals surface area contributed by atoms with Crippen LogP contribution in [-0.4, -0.2) is 30.3 Å². The number of anilines is 2. The number of hydrogen-bond donors (Lipinski definition) is 3. The van der Waals surface area contributed by atoms with Crippen molar-refractivity contribution in [3.8, 4) is 11.5 Å². The van der Waals surface area contributed by atoms with Crippen LogP contribution in [0, 0.1) is 5.82 Å². The predicted octanol–water partition coefficient (Wildman–Crippen LogP) is 5.49. The third kappa shape index (κ3) is 6.23. The lowest BCUT2D eigenvalue weighted by Gasteiger charge is -2.19. The third-order valence-corrected chi connectivity index (χ3v) is 5.21. The number of carbonyl (C=O) groups is 1. The molecule has 7 nitrogen and oxygen atoms in total. The number of rotatable bonds is 9. The fourth-order valence-electron chi connectivity index (χ4n) is 3.19. The molecule has 1 amide bonds. The minimum Gasteiger partial charge on any atom is -0.490 e. The highest BCUT2D eigenvalue weighted by Gasteiger charge is 2.13. The first-order valence-electron chi connectivity index (χ1n) is 10.4. The maximum Gasteiger partial charge on any atom is 0.412 e. The molecule has 0 saturated carbocycles. The molecule has 0 aliphatic carbocycles. The number of aromatic nitrogens is 1. The van der Waals surface area contributed by atoms with Crippen LogP contribution in [0.1, 0.15) is 26.7 Å². The summed E-state index contributed by atoms with van der Waals surface area (Å²) in [4.78, 5) is 16.0. The molecule has 170 valence electrons. The van der Waals surface area contributed by atoms with Crippen LogP contribution in [0.2, 0.25) is 0 Å². The molecule has 0 radical (unpaired) electrons. The second-order valence-corrected chi connectivity index (χ2v) is 8.21. The molecule has 0 fully saturated rings. The zero-order valence-electron chi connectivity index (χ0n) is 18.0. The topological polar surface area (TPSA) is 98.5 Å². The fourth-order valence-corrected chi connectivity index (χ4v) is 3.55. The number of nitrogens with zero attached hydrogens (tertiary/aromatic N) is 1. The molecule has 3 rings (SSSR count). The Morgan fingerprint density at radius 2 is 2.06 bits per heavy atom. The van der Waals surface area contributed by atoms with Gasteiger partial charge in [-0.25, -0.2) is 9.18 Å². The minimum atomic E-state index is -0.658. The lowest BCUT2D eigenvalue weighted by molar-refractivity contribution is 0.197. The summed E-state index contributed by atoms with van der Waals surface area (Å²) in [6.07, 6.45) is 2.51. The van der Waals surface area contributed by atoms with Gasteiger partial charge < -0.3 is 25.8 Å². The Morgan fingerprint density at radius 3 is 2.84 bits per heavy atom. The number of benzene rings is 2. The number of amides is 1. The van der Waals surface area contributed by atoms with E-state index in [1.807, 2.05) is 18.2 Å². The summed E-state index contributed by atoms with van der Waals surface area (Å²) in [6.45, 7) is 4.61. The standard InChI is InChI=1S/C23H26BrFN4O3/c1-3-27-23(30)32-21-12-16(25)7-9-20(21)31-10-4-5-14(2)29-22-17-11-15(24)6-8-19(17)28-13-18(22)26/h6-9,11-14H,3-5,10,26H2,1-2H3,(H,27,30)(H,28,29). The highest BCUT2D eigenvalue weighted by Crippen LogP contribution is 2.31. The first-order chi connectivity index (χ1) is 15.4. The van der Waals surface area contributed by atoms with Crippen molar-refractivity contribution < 1.29 is 18.7 Å². The molecule has 2 aromatic carbocycles. The van der Waals surface area contributed by atoms with E-state index in [1.54, 1.807) is 13.1 Å². The number of halogens is 2. The highest BCUT2D eigenvalue weighted by atomic mass is 79.9. The molecule has 1 atom stereocenters. The maximum absolute atomic E-state index is 13.6. The zero-order valence-corrected chi connectivity index (χ0v) is 19.5. The number of ether oxygens (including phenoxy) is 2. The van der Waals surface area contributed by atoms with E-state index in [-0.39, 0.29) is 11.8 Å². The summed E-state index contributed by atoms with van der Waals surface area (Å²) in [5.74, 6) is -0.153. The molecule has 0 spiro atoms. The lowest BCUT2D eigenvalue weighted by atomic mass is 10.1. The Bertz CT molecular complexity index is 1090. The van der Waals surface area contributed by atoms with Gasteiger partial charge in [0.2, 0.25) is 0 Å². The second kappa shape index (κ2) is 11.0. The van der Waals surface area contributed by atoms with Gasteiger partial charge in [0.25, 0.3) is 0 Å². The Kier molecular flexibility index (Phi) is 8.10. The number of nitrogens with one attached hydrogen (secondary N) is 2. The summed E-state index contributed by atoms with van der Waals surface area (Å²) in [5, 5.41) is 6.92. The van der Waals surface area contributed by atoms with Crippen LogP contribution >= 0.6 is 15.9 Å². The van der Waals surface area contributed by atoms with E-state index in [0.717, 1.165) is 40.0 Å². The van der Waals surface area contributed by atoms with Crippen molar-refractivity contribution in [3.63, 3.8) is 0 Å². The van der Waals surface area contributed by atoms with Crippen LogP contribution < -0.4 is 25.8 Å². The van der Waals surface area contributed by atoms with E-state index >= 15 is 0 Å². The summed E-state index contributed by atoms with van der Waals surface area (Å²) in [5.41, 5.74) is 8.45. The Morgan fingerprint density at radius 1 is 1.25 bits per heavy atom. The molecule has 0 aliphatic heterocycles. The summed E-state index contributed by atoms with van der Waals surface area (Å²) < 4.78 is 25.4. The number of pyridine rings is 1. The molecule has 1 heterocycles. The van der Waals surface area contributed by atoms with E-state index < -0.39 is 11.9 Å². The predicted molar refractivity (Wildman–Crippen MR) is 128 cm³/mol. The van der Waals surface area contributed by atoms with Crippen LogP contribution in [-0.2, 0) is 0 Å². The Hall–Kier alpha value is -3.07. The Balaban J connectivity index is 1.57. The van der Waals surface area contributed by atoms with Crippen molar-refractivity contribution in [1.29, 1.82) is 0 Å². The van der Waals surface area contributed by atoms with Crippen molar-refractivity contribution in [2.24, 2.45) is 0 Å². The van der Waals surface area contributed by atoms with Crippen molar-refractivity contribution in [2.45, 2.75) is 32.7 Å². The SMILES string of the molecule is CCNC(=O)Oc1cc(F)ccc1OCCCC(C)Nc1c(N)cnc2ccc(Br)cc12. The van der Waals surface area contributed by atoms with E-state index in [0.29, 0.717) is 24.6 Å². The van der Waals surface area contributed by atoms with Gasteiger partial charge in [0.1, 0.15) is 5.82 Å². The van der Waals surface area contributed by atoms with Gasteiger partial charge in [-0.1, -0.05) is 15.9 Å². The van der Waals surface area contributed by atoms with Gasteiger partial charge in [0.15, 0.2) is 11.5 Å². The van der Waals surface area contributed by atoms with Crippen LogP contribution in [0.4, 0.5) is 20.6 Å². The molecular formula is C23H26BrFN4O3. The maximum atomic E-state index is 13.6. The average Bonchev–Trinajstić information content (AvgIpc) is 2.75. The van der Waals surface area contributed by atoms with E-state index in [1.165, 1.54) is 12.1 Å². The van der Waals surface area contributed by atoms with Crippen LogP contribution in [0.5, 0.6) is 11.5 Å². The number of fused-ring (bicyclic) bond motifs is 1. The first kappa shape index (κ1) is 23.6. The van der Waals surface area contributed by atoms with Gasteiger partial charge in [-0.05, 0) is 57.0 Å². The van der Waals surface area contributed by atoms with E-state index in [4.69, 9.17) is 15.2 Å². The van der Waals surface area contributed by atoms with Crippen molar-refractivity contribution >= 4 is 44.3 Å². The molecule has 0 saturated heterocycles. The van der Waals surface area contributed by atoms with E-state index in [2.05, 4.69) is 38.5 Å². The summed E-state index contributed by atoms with van der Waals surface area (Å²) in [6, 6.07) is 9.82. The second-order valence-electron chi connectivity index (χ2n) is 7.30. The molecule has 0 bridgehead atoms. The molecule has 3 aromatic rings. The Labute approximate surface area is 194 Å². The average molecular weight is 505 g/mol. The van der Waals surface area contributed by atoms with E-state index in [9.17, 15) is 9.18 Å². The quantitative estimate of drug-likeness (QED) is 0.333. The highest BCUT2D eigenvalue weighted by molar-refractivity contribution is 9.10. The van der Waals surface area contributed by atoms with Gasteiger partial charge in [-0.3, -0.25) is 4.98 Å². The monoisotopic (exact) mass is 504 g/mol. The van der Waals surface area contributed by atoms with Gasteiger partial charge >= 0.3 is 6.09 Å². The molecule has 4 N–H and O–H groups in total. The molecule has 1 aromatic heterocycles. The molecular weight excluding hydrogens is 479 g/mol. The van der Waals surface area contributed by atoms with Gasteiger partial charge in [-0.2, -0.15) is 0 Å². The first-order valence-corrected chi connectivity index (χ1v) is 11.1. The minimum absolute atomic E-state index is 0.0451. The van der Waals surface area contributed by atoms with Gasteiger partial charge in [0, 0.05) is 28.5 Å². The summed E-state index contributed by atoms with van der Waals surface area (Å²) >= 11 is 3.49. The van der Waals surface area contributed by atoms with Gasteiger partial charge in [-0.15, -0.1) is 0 Å². The molecule has 32 heavy (non-hydrogen) atoms. The lowest BCUT2D eigenvalue weighted by Crippen LogP contribution is -2.26.